The molecule has 2 N–H and O–H groups in total. The second kappa shape index (κ2) is 5.53. The molecule has 2 aliphatic rings. The van der Waals surface area contributed by atoms with E-state index in [0.29, 0.717) is 50.3 Å². The minimum atomic E-state index is -1.21. The lowest BCUT2D eigenvalue weighted by molar-refractivity contribution is -0.217. The van der Waals surface area contributed by atoms with Crippen LogP contribution in [0.2, 0.25) is 0 Å². The molecule has 1 unspecified atom stereocenters. The van der Waals surface area contributed by atoms with Crippen molar-refractivity contribution in [2.45, 2.75) is 43.2 Å². The van der Waals surface area contributed by atoms with E-state index >= 15 is 0 Å². The lowest BCUT2D eigenvalue weighted by atomic mass is 9.76. The van der Waals surface area contributed by atoms with Gasteiger partial charge in [0.2, 0.25) is 5.88 Å². The van der Waals surface area contributed by atoms with E-state index in [9.17, 15) is 10.2 Å². The largest absolute Gasteiger partial charge is 0.481 e. The summed E-state index contributed by atoms with van der Waals surface area (Å²) in [6, 6.07) is 3.44. The van der Waals surface area contributed by atoms with Crippen LogP contribution in [0.5, 0.6) is 5.88 Å². The highest BCUT2D eigenvalue weighted by molar-refractivity contribution is 5.30. The van der Waals surface area contributed by atoms with Crippen molar-refractivity contribution in [1.82, 2.24) is 4.98 Å². The molecule has 2 fully saturated rings. The molecule has 1 aromatic rings. The number of aliphatic hydroxyl groups is 2. The Morgan fingerprint density at radius 3 is 2.52 bits per heavy atom. The maximum absolute atomic E-state index is 10.8. The number of hydrogen-bond donors (Lipinski definition) is 2. The molecular weight excluding hydrogens is 274 g/mol. The molecule has 1 saturated heterocycles. The van der Waals surface area contributed by atoms with E-state index in [1.54, 1.807) is 18.3 Å². The molecule has 1 atom stereocenters. The van der Waals surface area contributed by atoms with Crippen LogP contribution in [0.3, 0.4) is 0 Å². The molecular formula is C15H21NO5. The molecule has 6 heteroatoms. The van der Waals surface area contributed by atoms with Gasteiger partial charge in [-0.05, 0) is 25.0 Å². The summed E-state index contributed by atoms with van der Waals surface area (Å²) in [6.07, 6.45) is 2.51. The molecule has 0 amide bonds. The summed E-state index contributed by atoms with van der Waals surface area (Å²) in [5.74, 6) is -0.225. The Balaban J connectivity index is 1.76. The van der Waals surface area contributed by atoms with Crippen molar-refractivity contribution in [3.05, 3.63) is 23.9 Å². The number of ether oxygens (including phenoxy) is 3. The van der Waals surface area contributed by atoms with Gasteiger partial charge in [0.25, 0.3) is 0 Å². The molecule has 2 heterocycles. The lowest BCUT2D eigenvalue weighted by Crippen LogP contribution is -2.47. The molecule has 1 aliphatic heterocycles. The van der Waals surface area contributed by atoms with Crippen LogP contribution >= 0.6 is 0 Å². The first-order valence-electron chi connectivity index (χ1n) is 7.26. The predicted molar refractivity (Wildman–Crippen MR) is 73.8 cm³/mol. The Morgan fingerprint density at radius 2 is 1.90 bits per heavy atom. The van der Waals surface area contributed by atoms with Gasteiger partial charge in [-0.3, -0.25) is 0 Å². The fourth-order valence-corrected chi connectivity index (χ4v) is 3.19. The molecule has 3 rings (SSSR count). The fourth-order valence-electron chi connectivity index (χ4n) is 3.19. The first kappa shape index (κ1) is 14.7. The highest BCUT2D eigenvalue weighted by Crippen LogP contribution is 2.46. The molecule has 0 aromatic carbocycles. The van der Waals surface area contributed by atoms with Gasteiger partial charge in [0.05, 0.1) is 25.9 Å². The van der Waals surface area contributed by atoms with Gasteiger partial charge in [-0.2, -0.15) is 0 Å². The number of aliphatic hydroxyl groups excluding tert-OH is 1. The summed E-state index contributed by atoms with van der Waals surface area (Å²) in [7, 11) is 1.50. The van der Waals surface area contributed by atoms with E-state index in [1.165, 1.54) is 7.11 Å². The summed E-state index contributed by atoms with van der Waals surface area (Å²) < 4.78 is 16.5. The summed E-state index contributed by atoms with van der Waals surface area (Å²) in [4.78, 5) is 4.07. The standard InChI is InChI=1S/C15H21NO5/c1-19-13-11(3-2-8-16-13)12(17)14(18)4-6-15(7-5-14)20-9-10-21-15/h2-3,8,12,17-18H,4-7,9-10H2,1H3. The van der Waals surface area contributed by atoms with E-state index in [0.717, 1.165) is 0 Å². The Kier molecular flexibility index (Phi) is 3.88. The molecule has 6 nitrogen and oxygen atoms in total. The SMILES string of the molecule is COc1ncccc1C(O)C1(O)CCC2(CC1)OCCO2. The smallest absolute Gasteiger partial charge is 0.218 e. The third-order valence-electron chi connectivity index (χ3n) is 4.49. The van der Waals surface area contributed by atoms with Crippen molar-refractivity contribution in [2.75, 3.05) is 20.3 Å². The summed E-state index contributed by atoms with van der Waals surface area (Å²) in [5.41, 5.74) is -0.705. The van der Waals surface area contributed by atoms with Gasteiger partial charge < -0.3 is 24.4 Å². The number of rotatable bonds is 3. The number of hydrogen-bond acceptors (Lipinski definition) is 6. The van der Waals surface area contributed by atoms with Crippen molar-refractivity contribution in [3.8, 4) is 5.88 Å². The average molecular weight is 295 g/mol. The number of nitrogens with zero attached hydrogens (tertiary/aromatic N) is 1. The predicted octanol–water partition coefficient (Wildman–Crippen LogP) is 1.17. The zero-order valence-corrected chi connectivity index (χ0v) is 12.1. The number of aromatic nitrogens is 1. The number of pyridine rings is 1. The molecule has 0 radical (unpaired) electrons. The zero-order chi connectivity index (χ0) is 14.9. The first-order chi connectivity index (χ1) is 10.1. The van der Waals surface area contributed by atoms with E-state index in [-0.39, 0.29) is 0 Å². The van der Waals surface area contributed by atoms with Crippen LogP contribution in [0.1, 0.15) is 37.4 Å². The third kappa shape index (κ3) is 2.64. The van der Waals surface area contributed by atoms with Crippen LogP contribution in [0.25, 0.3) is 0 Å². The monoisotopic (exact) mass is 295 g/mol. The topological polar surface area (TPSA) is 81.0 Å². The molecule has 1 aliphatic carbocycles. The maximum Gasteiger partial charge on any atom is 0.218 e. The normalized spacial score (nSPS) is 24.9. The molecule has 1 saturated carbocycles. The van der Waals surface area contributed by atoms with Crippen LogP contribution < -0.4 is 4.74 Å². The second-order valence-corrected chi connectivity index (χ2v) is 5.72. The highest BCUT2D eigenvalue weighted by Gasteiger charge is 2.49. The van der Waals surface area contributed by atoms with Gasteiger partial charge in [0.15, 0.2) is 5.79 Å². The molecule has 21 heavy (non-hydrogen) atoms. The Morgan fingerprint density at radius 1 is 1.24 bits per heavy atom. The summed E-state index contributed by atoms with van der Waals surface area (Å²) in [6.45, 7) is 1.19. The van der Waals surface area contributed by atoms with E-state index < -0.39 is 17.5 Å². The van der Waals surface area contributed by atoms with Crippen LogP contribution in [0.15, 0.2) is 18.3 Å². The van der Waals surface area contributed by atoms with E-state index in [2.05, 4.69) is 4.98 Å². The van der Waals surface area contributed by atoms with Crippen molar-refractivity contribution >= 4 is 0 Å². The second-order valence-electron chi connectivity index (χ2n) is 5.72. The Hall–Kier alpha value is -1.21. The fraction of sp³-hybridized carbons (Fsp3) is 0.667. The molecule has 1 spiro atoms. The highest BCUT2D eigenvalue weighted by atomic mass is 16.7. The zero-order valence-electron chi connectivity index (χ0n) is 12.1. The van der Waals surface area contributed by atoms with Crippen molar-refractivity contribution < 1.29 is 24.4 Å². The molecule has 0 bridgehead atoms. The van der Waals surface area contributed by atoms with Crippen LogP contribution in [-0.2, 0) is 9.47 Å². The van der Waals surface area contributed by atoms with Gasteiger partial charge >= 0.3 is 0 Å². The lowest BCUT2D eigenvalue weighted by Gasteiger charge is -2.42. The number of methoxy groups -OCH3 is 1. The summed E-state index contributed by atoms with van der Waals surface area (Å²) >= 11 is 0. The minimum absolute atomic E-state index is 0.340. The van der Waals surface area contributed by atoms with Crippen LogP contribution in [0.4, 0.5) is 0 Å². The van der Waals surface area contributed by atoms with Gasteiger partial charge in [0, 0.05) is 24.6 Å². The van der Waals surface area contributed by atoms with Crippen molar-refractivity contribution in [1.29, 1.82) is 0 Å². The van der Waals surface area contributed by atoms with Gasteiger partial charge in [0.1, 0.15) is 6.10 Å². The van der Waals surface area contributed by atoms with E-state index in [4.69, 9.17) is 14.2 Å². The Bertz CT molecular complexity index is 491. The van der Waals surface area contributed by atoms with Crippen molar-refractivity contribution in [2.24, 2.45) is 0 Å². The first-order valence-corrected chi connectivity index (χ1v) is 7.26. The van der Waals surface area contributed by atoms with Crippen LogP contribution in [0, 0.1) is 0 Å². The molecule has 116 valence electrons. The quantitative estimate of drug-likeness (QED) is 0.871. The average Bonchev–Trinajstić information content (AvgIpc) is 2.98. The minimum Gasteiger partial charge on any atom is -0.481 e. The third-order valence-corrected chi connectivity index (χ3v) is 4.49. The Labute approximate surface area is 123 Å². The van der Waals surface area contributed by atoms with Gasteiger partial charge in [-0.25, -0.2) is 4.98 Å². The van der Waals surface area contributed by atoms with Crippen LogP contribution in [-0.4, -0.2) is 46.9 Å². The van der Waals surface area contributed by atoms with E-state index in [1.807, 2.05) is 0 Å². The van der Waals surface area contributed by atoms with Gasteiger partial charge in [-0.15, -0.1) is 0 Å². The van der Waals surface area contributed by atoms with Gasteiger partial charge in [-0.1, -0.05) is 0 Å². The summed E-state index contributed by atoms with van der Waals surface area (Å²) in [5, 5.41) is 21.4. The maximum atomic E-state index is 10.8. The molecule has 1 aromatic heterocycles. The van der Waals surface area contributed by atoms with Crippen molar-refractivity contribution in [3.63, 3.8) is 0 Å².